The zero-order valence-corrected chi connectivity index (χ0v) is 18.5. The van der Waals surface area contributed by atoms with E-state index in [0.717, 1.165) is 6.42 Å². The summed E-state index contributed by atoms with van der Waals surface area (Å²) in [7, 11) is 4.36. The average Bonchev–Trinajstić information content (AvgIpc) is 3.09. The molecule has 0 unspecified atom stereocenters. The Kier molecular flexibility index (Phi) is 4.32. The second-order valence-corrected chi connectivity index (χ2v) is 8.61. The van der Waals surface area contributed by atoms with E-state index in [-0.39, 0.29) is 0 Å². The lowest BCUT2D eigenvalue weighted by Gasteiger charge is -2.13. The van der Waals surface area contributed by atoms with Gasteiger partial charge in [0.15, 0.2) is 6.20 Å². The van der Waals surface area contributed by atoms with E-state index in [0.29, 0.717) is 0 Å². The topological polar surface area (TPSA) is 7.76 Å². The van der Waals surface area contributed by atoms with Crippen molar-refractivity contribution >= 4 is 0 Å². The highest BCUT2D eigenvalue weighted by Crippen LogP contribution is 2.41. The molecule has 1 aliphatic rings. The Labute approximate surface area is 179 Å². The summed E-state index contributed by atoms with van der Waals surface area (Å²) in [4.78, 5) is 0. The lowest BCUT2D eigenvalue weighted by Crippen LogP contribution is -2.41. The SMILES string of the molecule is Cc1cc(C)c(C)c(-c2cc3c(c(-c4cccc[n+]4C)[n+]2C)Cc2ccccc2-3)c1. The van der Waals surface area contributed by atoms with Crippen molar-refractivity contribution in [2.45, 2.75) is 27.2 Å². The van der Waals surface area contributed by atoms with Crippen molar-refractivity contribution in [2.75, 3.05) is 0 Å². The Bertz CT molecular complexity index is 1310. The van der Waals surface area contributed by atoms with Crippen molar-refractivity contribution in [1.82, 2.24) is 0 Å². The van der Waals surface area contributed by atoms with Gasteiger partial charge in [0.25, 0.3) is 11.4 Å². The number of aryl methyl sites for hydroxylation is 3. The van der Waals surface area contributed by atoms with Crippen LogP contribution in [0.1, 0.15) is 27.8 Å². The third-order valence-electron chi connectivity index (χ3n) is 6.65. The maximum Gasteiger partial charge on any atom is 0.281 e. The lowest BCUT2D eigenvalue weighted by atomic mass is 9.94. The van der Waals surface area contributed by atoms with E-state index in [1.54, 1.807) is 0 Å². The molecular formula is C28H28N2+2. The van der Waals surface area contributed by atoms with Crippen LogP contribution in [0.3, 0.4) is 0 Å². The number of fused-ring (bicyclic) bond motifs is 3. The van der Waals surface area contributed by atoms with Gasteiger partial charge in [-0.25, -0.2) is 0 Å². The summed E-state index contributed by atoms with van der Waals surface area (Å²) in [5.41, 5.74) is 14.7. The van der Waals surface area contributed by atoms with Gasteiger partial charge in [0.05, 0.1) is 0 Å². The molecule has 2 nitrogen and oxygen atoms in total. The van der Waals surface area contributed by atoms with E-state index in [9.17, 15) is 0 Å². The van der Waals surface area contributed by atoms with Gasteiger partial charge in [-0.15, -0.1) is 0 Å². The fourth-order valence-electron chi connectivity index (χ4n) is 4.98. The van der Waals surface area contributed by atoms with Crippen LogP contribution in [0.15, 0.2) is 66.9 Å². The van der Waals surface area contributed by atoms with E-state index in [2.05, 4.69) is 111 Å². The number of aromatic nitrogens is 2. The van der Waals surface area contributed by atoms with E-state index < -0.39 is 0 Å². The molecule has 5 rings (SSSR count). The van der Waals surface area contributed by atoms with Gasteiger partial charge in [-0.05, 0) is 60.7 Å². The van der Waals surface area contributed by atoms with Gasteiger partial charge in [-0.3, -0.25) is 0 Å². The molecule has 0 N–H and O–H groups in total. The quantitative estimate of drug-likeness (QED) is 0.366. The summed E-state index contributed by atoms with van der Waals surface area (Å²) < 4.78 is 4.64. The van der Waals surface area contributed by atoms with Gasteiger partial charge in [-0.2, -0.15) is 9.13 Å². The third-order valence-corrected chi connectivity index (χ3v) is 6.65. The monoisotopic (exact) mass is 392 g/mol. The van der Waals surface area contributed by atoms with Gasteiger partial charge in [0.1, 0.15) is 14.1 Å². The molecule has 2 heteroatoms. The first kappa shape index (κ1) is 18.7. The van der Waals surface area contributed by atoms with Gasteiger partial charge >= 0.3 is 0 Å². The molecule has 0 saturated carbocycles. The van der Waals surface area contributed by atoms with Crippen LogP contribution < -0.4 is 9.13 Å². The van der Waals surface area contributed by atoms with Gasteiger partial charge in [-0.1, -0.05) is 35.9 Å². The molecule has 148 valence electrons. The summed E-state index contributed by atoms with van der Waals surface area (Å²) in [6.45, 7) is 6.65. The van der Waals surface area contributed by atoms with Gasteiger partial charge in [0.2, 0.25) is 5.69 Å². The van der Waals surface area contributed by atoms with Crippen molar-refractivity contribution in [3.8, 4) is 33.8 Å². The van der Waals surface area contributed by atoms with Crippen LogP contribution in [-0.2, 0) is 20.5 Å². The first-order valence-corrected chi connectivity index (χ1v) is 10.6. The Balaban J connectivity index is 1.90. The van der Waals surface area contributed by atoms with Crippen LogP contribution in [0.5, 0.6) is 0 Å². The summed E-state index contributed by atoms with van der Waals surface area (Å²) in [5, 5.41) is 0. The molecule has 0 radical (unpaired) electrons. The molecule has 2 aromatic carbocycles. The smallest absolute Gasteiger partial charge is 0.196 e. The van der Waals surface area contributed by atoms with Crippen LogP contribution >= 0.6 is 0 Å². The Morgan fingerprint density at radius 2 is 1.50 bits per heavy atom. The normalized spacial score (nSPS) is 12.0. The van der Waals surface area contributed by atoms with Crippen LogP contribution in [-0.4, -0.2) is 0 Å². The highest BCUT2D eigenvalue weighted by atomic mass is 15.0. The minimum atomic E-state index is 0.982. The molecule has 0 bridgehead atoms. The molecule has 0 aliphatic heterocycles. The number of benzene rings is 2. The Morgan fingerprint density at radius 1 is 0.733 bits per heavy atom. The molecule has 2 heterocycles. The van der Waals surface area contributed by atoms with Crippen molar-refractivity contribution in [3.05, 3.63) is 94.7 Å². The average molecular weight is 393 g/mol. The van der Waals surface area contributed by atoms with E-state index in [1.807, 2.05) is 0 Å². The highest BCUT2D eigenvalue weighted by Gasteiger charge is 2.34. The standard InChI is InChI=1S/C28H28N2/c1-18-14-19(2)20(3)23(15-18)27-17-24-22-11-7-6-10-21(22)16-25(24)28(30(27)5)26-12-8-9-13-29(26)4/h6-15,17H,16H2,1-5H3/q+2. The Hall–Kier alpha value is -3.26. The molecule has 1 aliphatic carbocycles. The molecule has 0 amide bonds. The van der Waals surface area contributed by atoms with Crippen molar-refractivity contribution in [2.24, 2.45) is 14.1 Å². The second-order valence-electron chi connectivity index (χ2n) is 8.61. The minimum absolute atomic E-state index is 0.982. The van der Waals surface area contributed by atoms with E-state index in [4.69, 9.17) is 0 Å². The fraction of sp³-hybridized carbons (Fsp3) is 0.214. The van der Waals surface area contributed by atoms with Crippen molar-refractivity contribution < 1.29 is 9.13 Å². The summed E-state index contributed by atoms with van der Waals surface area (Å²) in [6.07, 6.45) is 3.12. The second kappa shape index (κ2) is 6.91. The summed E-state index contributed by atoms with van der Waals surface area (Å²) in [6, 6.07) is 22.3. The highest BCUT2D eigenvalue weighted by molar-refractivity contribution is 5.83. The van der Waals surface area contributed by atoms with Gasteiger partial charge < -0.3 is 0 Å². The largest absolute Gasteiger partial charge is 0.281 e. The molecule has 0 fully saturated rings. The lowest BCUT2D eigenvalue weighted by molar-refractivity contribution is -0.685. The Morgan fingerprint density at radius 3 is 2.30 bits per heavy atom. The summed E-state index contributed by atoms with van der Waals surface area (Å²) >= 11 is 0. The fourth-order valence-corrected chi connectivity index (χ4v) is 4.98. The molecule has 0 atom stereocenters. The van der Waals surface area contributed by atoms with Crippen LogP contribution in [0, 0.1) is 20.8 Å². The number of hydrogen-bond donors (Lipinski definition) is 0. The van der Waals surface area contributed by atoms with E-state index in [1.165, 1.54) is 61.6 Å². The van der Waals surface area contributed by atoms with Gasteiger partial charge in [0, 0.05) is 35.7 Å². The first-order valence-electron chi connectivity index (χ1n) is 10.6. The minimum Gasteiger partial charge on any atom is -0.196 e. The first-order chi connectivity index (χ1) is 14.5. The molecular weight excluding hydrogens is 364 g/mol. The third kappa shape index (κ3) is 2.79. The summed E-state index contributed by atoms with van der Waals surface area (Å²) in [5.74, 6) is 0. The number of rotatable bonds is 2. The predicted octanol–water partition coefficient (Wildman–Crippen LogP) is 5.17. The molecule has 30 heavy (non-hydrogen) atoms. The maximum atomic E-state index is 2.41. The zero-order chi connectivity index (χ0) is 21.0. The molecule has 2 aromatic heterocycles. The van der Waals surface area contributed by atoms with Crippen molar-refractivity contribution in [1.29, 1.82) is 0 Å². The molecule has 0 saturated heterocycles. The number of pyridine rings is 2. The molecule has 0 spiro atoms. The maximum absolute atomic E-state index is 2.41. The predicted molar refractivity (Wildman–Crippen MR) is 122 cm³/mol. The zero-order valence-electron chi connectivity index (χ0n) is 18.5. The van der Waals surface area contributed by atoms with Crippen LogP contribution in [0.25, 0.3) is 33.8 Å². The van der Waals surface area contributed by atoms with E-state index >= 15 is 0 Å². The van der Waals surface area contributed by atoms with Crippen molar-refractivity contribution in [3.63, 3.8) is 0 Å². The molecule has 4 aromatic rings. The van der Waals surface area contributed by atoms with Crippen LogP contribution in [0.2, 0.25) is 0 Å². The number of nitrogens with zero attached hydrogens (tertiary/aromatic N) is 2. The van der Waals surface area contributed by atoms with Crippen LogP contribution in [0.4, 0.5) is 0 Å². The number of hydrogen-bond acceptors (Lipinski definition) is 0.